The molecule has 3 aromatic rings. The molecule has 0 bridgehead atoms. The van der Waals surface area contributed by atoms with E-state index in [0.717, 1.165) is 50.6 Å². The third kappa shape index (κ3) is 4.99. The van der Waals surface area contributed by atoms with Crippen LogP contribution in [-0.2, 0) is 19.3 Å². The van der Waals surface area contributed by atoms with Gasteiger partial charge in [-0.15, -0.1) is 0 Å². The van der Waals surface area contributed by atoms with Crippen LogP contribution in [0.2, 0.25) is 0 Å². The molecular formula is C20H20F3N5O. The van der Waals surface area contributed by atoms with E-state index in [9.17, 15) is 13.2 Å². The number of aromatic nitrogens is 3. The highest BCUT2D eigenvalue weighted by Crippen LogP contribution is 2.31. The molecule has 0 radical (unpaired) electrons. The fourth-order valence-corrected chi connectivity index (χ4v) is 3.29. The van der Waals surface area contributed by atoms with Gasteiger partial charge in [-0.3, -0.25) is 14.8 Å². The number of piperazine rings is 1. The summed E-state index contributed by atoms with van der Waals surface area (Å²) >= 11 is 0. The molecular weight excluding hydrogens is 383 g/mol. The zero-order valence-electron chi connectivity index (χ0n) is 15.6. The molecule has 1 aliphatic heterocycles. The molecule has 0 saturated carbocycles. The summed E-state index contributed by atoms with van der Waals surface area (Å²) in [6.45, 7) is 4.76. The van der Waals surface area contributed by atoms with Crippen molar-refractivity contribution >= 4 is 0 Å². The third-order valence-corrected chi connectivity index (χ3v) is 4.85. The minimum Gasteiger partial charge on any atom is -0.338 e. The lowest BCUT2D eigenvalue weighted by atomic mass is 10.1. The summed E-state index contributed by atoms with van der Waals surface area (Å²) < 4.78 is 43.9. The van der Waals surface area contributed by atoms with Crippen LogP contribution in [0.4, 0.5) is 13.2 Å². The van der Waals surface area contributed by atoms with Crippen LogP contribution in [0.15, 0.2) is 53.2 Å². The Balaban J connectivity index is 1.33. The number of rotatable bonds is 5. The highest BCUT2D eigenvalue weighted by atomic mass is 19.4. The summed E-state index contributed by atoms with van der Waals surface area (Å²) in [6, 6.07) is 10.8. The van der Waals surface area contributed by atoms with Crippen LogP contribution in [0, 0.1) is 0 Å². The smallest absolute Gasteiger partial charge is 0.338 e. The second-order valence-corrected chi connectivity index (χ2v) is 6.96. The first kappa shape index (κ1) is 19.5. The van der Waals surface area contributed by atoms with Gasteiger partial charge in [0, 0.05) is 44.5 Å². The fraction of sp³-hybridized carbons (Fsp3) is 0.350. The van der Waals surface area contributed by atoms with Crippen molar-refractivity contribution in [2.24, 2.45) is 0 Å². The van der Waals surface area contributed by atoms with Crippen LogP contribution < -0.4 is 0 Å². The molecule has 1 saturated heterocycles. The van der Waals surface area contributed by atoms with E-state index in [4.69, 9.17) is 4.52 Å². The van der Waals surface area contributed by atoms with E-state index in [1.807, 2.05) is 18.2 Å². The van der Waals surface area contributed by atoms with Crippen LogP contribution in [0.25, 0.3) is 11.4 Å². The minimum absolute atomic E-state index is 0.167. The van der Waals surface area contributed by atoms with E-state index < -0.39 is 11.7 Å². The average Bonchev–Trinajstić information content (AvgIpc) is 3.18. The zero-order valence-corrected chi connectivity index (χ0v) is 15.6. The van der Waals surface area contributed by atoms with Gasteiger partial charge < -0.3 is 4.52 Å². The monoisotopic (exact) mass is 403 g/mol. The van der Waals surface area contributed by atoms with Crippen LogP contribution in [-0.4, -0.2) is 51.1 Å². The van der Waals surface area contributed by atoms with Gasteiger partial charge in [0.1, 0.15) is 0 Å². The summed E-state index contributed by atoms with van der Waals surface area (Å²) in [7, 11) is 0. The van der Waals surface area contributed by atoms with Gasteiger partial charge in [0.25, 0.3) is 0 Å². The van der Waals surface area contributed by atoms with E-state index in [1.54, 1.807) is 12.3 Å². The van der Waals surface area contributed by atoms with Gasteiger partial charge in [-0.2, -0.15) is 18.2 Å². The number of benzene rings is 1. The second kappa shape index (κ2) is 8.30. The van der Waals surface area contributed by atoms with Gasteiger partial charge in [0.05, 0.1) is 17.8 Å². The van der Waals surface area contributed by atoms with Crippen molar-refractivity contribution < 1.29 is 17.7 Å². The molecule has 6 nitrogen and oxygen atoms in total. The molecule has 2 aromatic heterocycles. The Morgan fingerprint density at radius 2 is 1.69 bits per heavy atom. The molecule has 0 atom stereocenters. The SMILES string of the molecule is FC(F)(F)c1cccc(-c2noc(CN3CCN(Cc4ccccn4)CC3)n2)c1. The van der Waals surface area contributed by atoms with E-state index >= 15 is 0 Å². The number of hydrogen-bond donors (Lipinski definition) is 0. The molecule has 1 aliphatic rings. The van der Waals surface area contributed by atoms with Crippen molar-refractivity contribution in [1.29, 1.82) is 0 Å². The Morgan fingerprint density at radius 1 is 0.931 bits per heavy atom. The van der Waals surface area contributed by atoms with Gasteiger partial charge in [-0.05, 0) is 24.3 Å². The number of nitrogens with zero attached hydrogens (tertiary/aromatic N) is 5. The largest absolute Gasteiger partial charge is 0.416 e. The summed E-state index contributed by atoms with van der Waals surface area (Å²) in [6.07, 6.45) is -2.61. The summed E-state index contributed by atoms with van der Waals surface area (Å²) in [5.74, 6) is 0.565. The lowest BCUT2D eigenvalue weighted by Gasteiger charge is -2.33. The number of halogens is 3. The van der Waals surface area contributed by atoms with Crippen molar-refractivity contribution in [3.8, 4) is 11.4 Å². The Labute approximate surface area is 166 Å². The summed E-state index contributed by atoms with van der Waals surface area (Å²) in [5.41, 5.74) is 0.601. The summed E-state index contributed by atoms with van der Waals surface area (Å²) in [4.78, 5) is 13.2. The van der Waals surface area contributed by atoms with E-state index in [0.29, 0.717) is 12.4 Å². The van der Waals surface area contributed by atoms with Crippen LogP contribution >= 0.6 is 0 Å². The van der Waals surface area contributed by atoms with Gasteiger partial charge in [-0.1, -0.05) is 23.4 Å². The van der Waals surface area contributed by atoms with Gasteiger partial charge in [-0.25, -0.2) is 0 Å². The topological polar surface area (TPSA) is 58.3 Å². The molecule has 0 aliphatic carbocycles. The van der Waals surface area contributed by atoms with Crippen molar-refractivity contribution in [2.75, 3.05) is 26.2 Å². The Bertz CT molecular complexity index is 937. The molecule has 152 valence electrons. The first-order valence-corrected chi connectivity index (χ1v) is 9.32. The summed E-state index contributed by atoms with van der Waals surface area (Å²) in [5, 5.41) is 3.85. The van der Waals surface area contributed by atoms with Gasteiger partial charge in [0.2, 0.25) is 11.7 Å². The highest BCUT2D eigenvalue weighted by molar-refractivity contribution is 5.55. The third-order valence-electron chi connectivity index (χ3n) is 4.85. The first-order valence-electron chi connectivity index (χ1n) is 9.32. The fourth-order valence-electron chi connectivity index (χ4n) is 3.29. The molecule has 1 aromatic carbocycles. The number of alkyl halides is 3. The van der Waals surface area contributed by atoms with Crippen molar-refractivity contribution in [3.05, 3.63) is 65.8 Å². The molecule has 4 rings (SSSR count). The Kier molecular flexibility index (Phi) is 5.59. The molecule has 3 heterocycles. The van der Waals surface area contributed by atoms with Crippen LogP contribution in [0.3, 0.4) is 0 Å². The van der Waals surface area contributed by atoms with Crippen molar-refractivity contribution in [3.63, 3.8) is 0 Å². The lowest BCUT2D eigenvalue weighted by molar-refractivity contribution is -0.137. The Morgan fingerprint density at radius 3 is 2.38 bits per heavy atom. The molecule has 0 amide bonds. The molecule has 9 heteroatoms. The van der Waals surface area contributed by atoms with E-state index in [1.165, 1.54) is 6.07 Å². The average molecular weight is 403 g/mol. The van der Waals surface area contributed by atoms with Crippen LogP contribution in [0.1, 0.15) is 17.1 Å². The maximum Gasteiger partial charge on any atom is 0.416 e. The predicted octanol–water partition coefficient (Wildman–Crippen LogP) is 3.47. The molecule has 0 N–H and O–H groups in total. The maximum absolute atomic E-state index is 12.9. The van der Waals surface area contributed by atoms with Gasteiger partial charge in [0.15, 0.2) is 0 Å². The highest BCUT2D eigenvalue weighted by Gasteiger charge is 2.31. The molecule has 0 unspecified atom stereocenters. The normalized spacial score (nSPS) is 16.2. The molecule has 29 heavy (non-hydrogen) atoms. The van der Waals surface area contributed by atoms with E-state index in [-0.39, 0.29) is 11.4 Å². The number of hydrogen-bond acceptors (Lipinski definition) is 6. The second-order valence-electron chi connectivity index (χ2n) is 6.96. The predicted molar refractivity (Wildman–Crippen MR) is 99.5 cm³/mol. The number of pyridine rings is 1. The zero-order chi connectivity index (χ0) is 20.3. The molecule has 0 spiro atoms. The quantitative estimate of drug-likeness (QED) is 0.650. The first-order chi connectivity index (χ1) is 14.0. The minimum atomic E-state index is -4.41. The van der Waals surface area contributed by atoms with Crippen molar-refractivity contribution in [1.82, 2.24) is 24.9 Å². The molecule has 1 fully saturated rings. The van der Waals surface area contributed by atoms with Crippen molar-refractivity contribution in [2.45, 2.75) is 19.3 Å². The lowest BCUT2D eigenvalue weighted by Crippen LogP contribution is -2.45. The van der Waals surface area contributed by atoms with Crippen LogP contribution in [0.5, 0.6) is 0 Å². The van der Waals surface area contributed by atoms with Gasteiger partial charge >= 0.3 is 6.18 Å². The standard InChI is InChI=1S/C20H20F3N5O/c21-20(22,23)16-5-3-4-15(12-16)19-25-18(29-26-19)14-28-10-8-27(9-11-28)13-17-6-1-2-7-24-17/h1-7,12H,8-11,13-14H2. The van der Waals surface area contributed by atoms with E-state index in [2.05, 4.69) is 24.9 Å². The maximum atomic E-state index is 12.9. The Hall–Kier alpha value is -2.78.